The van der Waals surface area contributed by atoms with Crippen molar-refractivity contribution in [2.45, 2.75) is 56.4 Å². The van der Waals surface area contributed by atoms with E-state index in [0.29, 0.717) is 6.54 Å². The summed E-state index contributed by atoms with van der Waals surface area (Å²) < 4.78 is 0. The molecule has 25 heavy (non-hydrogen) atoms. The van der Waals surface area contributed by atoms with E-state index < -0.39 is 11.8 Å². The fraction of sp³-hybridized carbons (Fsp3) is 0.600. The number of nitrogens with one attached hydrogen (secondary N) is 1. The van der Waals surface area contributed by atoms with Crippen LogP contribution in [0, 0.1) is 5.92 Å². The van der Waals surface area contributed by atoms with E-state index in [1.165, 1.54) is 5.56 Å². The monoisotopic (exact) mass is 342 g/mol. The molecule has 0 aromatic heterocycles. The normalized spacial score (nSPS) is 26.8. The van der Waals surface area contributed by atoms with Crippen molar-refractivity contribution in [2.24, 2.45) is 5.92 Å². The van der Waals surface area contributed by atoms with Crippen LogP contribution < -0.4 is 10.2 Å². The van der Waals surface area contributed by atoms with Gasteiger partial charge in [-0.15, -0.1) is 0 Å². The van der Waals surface area contributed by atoms with Gasteiger partial charge in [0.05, 0.1) is 0 Å². The number of anilines is 1. The topological polar surface area (TPSA) is 69.6 Å². The number of hydrogen-bond donors (Lipinski definition) is 2. The van der Waals surface area contributed by atoms with E-state index in [1.54, 1.807) is 4.90 Å². The Morgan fingerprint density at radius 3 is 2.68 bits per heavy atom. The van der Waals surface area contributed by atoms with Crippen molar-refractivity contribution >= 4 is 17.5 Å². The van der Waals surface area contributed by atoms with E-state index in [0.717, 1.165) is 50.6 Å². The number of rotatable bonds is 2. The van der Waals surface area contributed by atoms with Gasteiger partial charge in [-0.25, -0.2) is 0 Å². The predicted molar refractivity (Wildman–Crippen MR) is 95.3 cm³/mol. The number of aliphatic hydroxyl groups is 1. The summed E-state index contributed by atoms with van der Waals surface area (Å²) >= 11 is 0. The lowest BCUT2D eigenvalue weighted by molar-refractivity contribution is -0.138. The van der Waals surface area contributed by atoms with Crippen molar-refractivity contribution in [3.8, 4) is 0 Å². The molecule has 2 N–H and O–H groups in total. The average molecular weight is 342 g/mol. The van der Waals surface area contributed by atoms with Crippen LogP contribution in [-0.4, -0.2) is 36.1 Å². The van der Waals surface area contributed by atoms with Crippen LogP contribution in [-0.2, 0) is 15.0 Å². The van der Waals surface area contributed by atoms with Gasteiger partial charge in [0.15, 0.2) is 0 Å². The summed E-state index contributed by atoms with van der Waals surface area (Å²) in [7, 11) is 0. The zero-order chi connectivity index (χ0) is 17.4. The Bertz CT molecular complexity index is 683. The third-order valence-electron chi connectivity index (χ3n) is 6.23. The molecule has 4 rings (SSSR count). The van der Waals surface area contributed by atoms with Crippen LogP contribution in [0.2, 0.25) is 0 Å². The number of para-hydroxylation sites is 1. The Labute approximate surface area is 148 Å². The highest BCUT2D eigenvalue weighted by molar-refractivity contribution is 6.40. The highest BCUT2D eigenvalue weighted by atomic mass is 16.3. The summed E-state index contributed by atoms with van der Waals surface area (Å²) in [5, 5.41) is 12.5. The maximum Gasteiger partial charge on any atom is 0.316 e. The molecule has 134 valence electrons. The Morgan fingerprint density at radius 1 is 1.16 bits per heavy atom. The molecule has 1 aromatic rings. The molecule has 2 unspecified atom stereocenters. The standard InChI is InChI=1S/C20H26N2O3/c23-12-14-6-2-1-3-8-16(14)21-18(24)19(25)22-13-20(10-11-20)15-7-4-5-9-17(15)22/h4-5,7,9,14,16,23H,1-3,6,8,10-13H2,(H,21,24). The second-order valence-corrected chi connectivity index (χ2v) is 7.85. The van der Waals surface area contributed by atoms with Gasteiger partial charge in [-0.1, -0.05) is 37.5 Å². The molecule has 0 radical (unpaired) electrons. The number of carbonyl (C=O) groups is 2. The quantitative estimate of drug-likeness (QED) is 0.639. The maximum atomic E-state index is 12.8. The molecule has 1 aliphatic heterocycles. The van der Waals surface area contributed by atoms with Crippen LogP contribution in [0.1, 0.15) is 50.5 Å². The number of aliphatic hydroxyl groups excluding tert-OH is 1. The van der Waals surface area contributed by atoms with Crippen molar-refractivity contribution in [2.75, 3.05) is 18.1 Å². The SMILES string of the molecule is O=C(NC1CCCCCC1CO)C(=O)N1CC2(CC2)c2ccccc21. The van der Waals surface area contributed by atoms with E-state index >= 15 is 0 Å². The lowest BCUT2D eigenvalue weighted by Gasteiger charge is -2.25. The second-order valence-electron chi connectivity index (χ2n) is 7.85. The maximum absolute atomic E-state index is 12.8. The molecule has 5 heteroatoms. The van der Waals surface area contributed by atoms with Crippen LogP contribution in [0.15, 0.2) is 24.3 Å². The van der Waals surface area contributed by atoms with Crippen LogP contribution in [0.3, 0.4) is 0 Å². The Hall–Kier alpha value is -1.88. The van der Waals surface area contributed by atoms with Gasteiger partial charge in [0.25, 0.3) is 0 Å². The summed E-state index contributed by atoms with van der Waals surface area (Å²) in [6, 6.07) is 7.85. The van der Waals surface area contributed by atoms with Crippen molar-refractivity contribution in [3.63, 3.8) is 0 Å². The van der Waals surface area contributed by atoms with Crippen molar-refractivity contribution in [3.05, 3.63) is 29.8 Å². The van der Waals surface area contributed by atoms with Crippen LogP contribution >= 0.6 is 0 Å². The molecular weight excluding hydrogens is 316 g/mol. The molecule has 2 fully saturated rings. The molecule has 1 heterocycles. The van der Waals surface area contributed by atoms with E-state index in [9.17, 15) is 14.7 Å². The Balaban J connectivity index is 1.49. The molecule has 3 aliphatic rings. The number of carbonyl (C=O) groups excluding carboxylic acids is 2. The lowest BCUT2D eigenvalue weighted by Crippen LogP contribution is -2.49. The van der Waals surface area contributed by atoms with Gasteiger partial charge in [-0.2, -0.15) is 0 Å². The summed E-state index contributed by atoms with van der Waals surface area (Å²) in [5.41, 5.74) is 2.18. The molecule has 2 saturated carbocycles. The minimum Gasteiger partial charge on any atom is -0.396 e. The lowest BCUT2D eigenvalue weighted by atomic mass is 9.95. The van der Waals surface area contributed by atoms with E-state index in [1.807, 2.05) is 18.2 Å². The van der Waals surface area contributed by atoms with Crippen molar-refractivity contribution < 1.29 is 14.7 Å². The smallest absolute Gasteiger partial charge is 0.316 e. The van der Waals surface area contributed by atoms with Gasteiger partial charge in [0.2, 0.25) is 0 Å². The Kier molecular flexibility index (Phi) is 4.28. The fourth-order valence-electron chi connectivity index (χ4n) is 4.54. The first-order valence-electron chi connectivity index (χ1n) is 9.47. The number of hydrogen-bond acceptors (Lipinski definition) is 3. The first-order valence-corrected chi connectivity index (χ1v) is 9.47. The molecule has 2 atom stereocenters. The number of amides is 2. The molecule has 2 aliphatic carbocycles. The first kappa shape index (κ1) is 16.6. The van der Waals surface area contributed by atoms with Crippen LogP contribution in [0.5, 0.6) is 0 Å². The van der Waals surface area contributed by atoms with Gasteiger partial charge in [-0.05, 0) is 37.3 Å². The first-order chi connectivity index (χ1) is 12.1. The number of fused-ring (bicyclic) bond motifs is 2. The third-order valence-corrected chi connectivity index (χ3v) is 6.23. The summed E-state index contributed by atoms with van der Waals surface area (Å²) in [6.07, 6.45) is 7.16. The Morgan fingerprint density at radius 2 is 1.92 bits per heavy atom. The zero-order valence-corrected chi connectivity index (χ0v) is 14.5. The molecule has 5 nitrogen and oxygen atoms in total. The molecule has 1 aromatic carbocycles. The molecule has 1 spiro atoms. The summed E-state index contributed by atoms with van der Waals surface area (Å²) in [4.78, 5) is 27.1. The molecule has 0 saturated heterocycles. The molecule has 2 amide bonds. The van der Waals surface area contributed by atoms with Crippen LogP contribution in [0.25, 0.3) is 0 Å². The fourth-order valence-corrected chi connectivity index (χ4v) is 4.54. The van der Waals surface area contributed by atoms with Gasteiger partial charge in [0, 0.05) is 36.2 Å². The van der Waals surface area contributed by atoms with Gasteiger partial charge < -0.3 is 15.3 Å². The van der Waals surface area contributed by atoms with Gasteiger partial charge >= 0.3 is 11.8 Å². The van der Waals surface area contributed by atoms with E-state index in [2.05, 4.69) is 11.4 Å². The highest BCUT2D eigenvalue weighted by Gasteiger charge is 2.53. The molecule has 0 bridgehead atoms. The predicted octanol–water partition coefficient (Wildman–Crippen LogP) is 2.12. The van der Waals surface area contributed by atoms with Gasteiger partial charge in [-0.3, -0.25) is 9.59 Å². The van der Waals surface area contributed by atoms with E-state index in [-0.39, 0.29) is 24.0 Å². The summed E-state index contributed by atoms with van der Waals surface area (Å²) in [5.74, 6) is -0.935. The summed E-state index contributed by atoms with van der Waals surface area (Å²) in [6.45, 7) is 0.682. The van der Waals surface area contributed by atoms with E-state index in [4.69, 9.17) is 0 Å². The van der Waals surface area contributed by atoms with Crippen molar-refractivity contribution in [1.82, 2.24) is 5.32 Å². The minimum atomic E-state index is -0.530. The minimum absolute atomic E-state index is 0.0555. The number of nitrogens with zero attached hydrogens (tertiary/aromatic N) is 1. The second kappa shape index (κ2) is 6.45. The van der Waals surface area contributed by atoms with Crippen molar-refractivity contribution in [1.29, 1.82) is 0 Å². The third kappa shape index (κ3) is 2.95. The largest absolute Gasteiger partial charge is 0.396 e. The van der Waals surface area contributed by atoms with Gasteiger partial charge in [0.1, 0.15) is 0 Å². The van der Waals surface area contributed by atoms with Crippen LogP contribution in [0.4, 0.5) is 5.69 Å². The molecular formula is C20H26N2O3. The highest BCUT2D eigenvalue weighted by Crippen LogP contribution is 2.56. The average Bonchev–Trinajstić information content (AvgIpc) is 3.37. The number of benzene rings is 1. The zero-order valence-electron chi connectivity index (χ0n) is 14.5.